The van der Waals surface area contributed by atoms with Crippen molar-refractivity contribution in [2.24, 2.45) is 0 Å². The van der Waals surface area contributed by atoms with Crippen LogP contribution in [0.1, 0.15) is 11.8 Å². The minimum Gasteiger partial charge on any atom is -0.424 e. The number of benzene rings is 1. The van der Waals surface area contributed by atoms with E-state index in [0.717, 1.165) is 6.20 Å². The Morgan fingerprint density at radius 1 is 1.47 bits per heavy atom. The number of para-hydroxylation sites is 1. The van der Waals surface area contributed by atoms with Crippen LogP contribution in [0.3, 0.4) is 0 Å². The Kier molecular flexibility index (Phi) is 6.27. The highest BCUT2D eigenvalue weighted by Gasteiger charge is 2.62. The van der Waals surface area contributed by atoms with Crippen LogP contribution in [0.2, 0.25) is 5.02 Å². The molecule has 0 spiro atoms. The highest BCUT2D eigenvalue weighted by Crippen LogP contribution is 2.56. The number of aliphatic hydroxyl groups is 1. The number of aromatic nitrogens is 2. The monoisotopic (exact) mass is 513 g/mol. The summed E-state index contributed by atoms with van der Waals surface area (Å²) in [4.78, 5) is 15.5. The highest BCUT2D eigenvalue weighted by atomic mass is 35.5. The van der Waals surface area contributed by atoms with Gasteiger partial charge in [0, 0.05) is 23.6 Å². The summed E-state index contributed by atoms with van der Waals surface area (Å²) in [6, 6.07) is 6.75. The number of nitrogen functional groups attached to an aromatic ring is 1. The zero-order chi connectivity index (χ0) is 23.3. The van der Waals surface area contributed by atoms with Crippen molar-refractivity contribution in [1.29, 1.82) is 0 Å². The molecule has 5 atom stereocenters. The van der Waals surface area contributed by atoms with Gasteiger partial charge in [-0.2, -0.15) is 4.98 Å². The Morgan fingerprint density at radius 2 is 2.19 bits per heavy atom. The van der Waals surface area contributed by atoms with E-state index >= 15 is 0 Å². The van der Waals surface area contributed by atoms with Crippen LogP contribution in [0.5, 0.6) is 5.75 Å². The van der Waals surface area contributed by atoms with Gasteiger partial charge in [0.1, 0.15) is 17.7 Å². The maximum atomic E-state index is 14.9. The topological polar surface area (TPSA) is 118 Å². The van der Waals surface area contributed by atoms with Crippen LogP contribution in [0.15, 0.2) is 35.3 Å². The third kappa shape index (κ3) is 4.03. The number of anilines is 1. The zero-order valence-corrected chi connectivity index (χ0v) is 18.4. The fraction of sp³-hybridized carbons (Fsp3) is 0.412. The van der Waals surface area contributed by atoms with Crippen molar-refractivity contribution < 1.29 is 36.6 Å². The number of nitrogens with zero attached hydrogens (tertiary/aromatic N) is 2. The number of alkyl halides is 3. The Hall–Kier alpha value is -1.73. The first kappa shape index (κ1) is 23.4. The van der Waals surface area contributed by atoms with Crippen molar-refractivity contribution in [3.8, 4) is 5.75 Å². The molecule has 15 heteroatoms. The first-order chi connectivity index (χ1) is 15.1. The van der Waals surface area contributed by atoms with Crippen LogP contribution >= 0.6 is 18.3 Å². The second kappa shape index (κ2) is 8.56. The summed E-state index contributed by atoms with van der Waals surface area (Å²) in [5.74, 6) is 0.0199. The van der Waals surface area contributed by atoms with Gasteiger partial charge in [0.15, 0.2) is 18.0 Å². The number of nitrogens with two attached hydrogens (primary N) is 1. The Balaban J connectivity index is 1.59. The Labute approximate surface area is 189 Å². The van der Waals surface area contributed by atoms with E-state index in [-0.39, 0.29) is 17.4 Å². The largest absolute Gasteiger partial charge is 0.424 e. The summed E-state index contributed by atoms with van der Waals surface area (Å²) in [6.07, 6.45) is -9.39. The summed E-state index contributed by atoms with van der Waals surface area (Å²) in [5, 5.41) is 10.1. The molecule has 1 fully saturated rings. The lowest BCUT2D eigenvalue weighted by atomic mass is 9.97. The number of hydrogen-bond donors (Lipinski definition) is 2. The van der Waals surface area contributed by atoms with Crippen LogP contribution in [0, 0.1) is 0 Å². The molecule has 4 rings (SSSR count). The lowest BCUT2D eigenvalue weighted by molar-refractivity contribution is -0.193. The average Bonchev–Trinajstić information content (AvgIpc) is 3.01. The van der Waals surface area contributed by atoms with E-state index in [9.17, 15) is 23.1 Å². The van der Waals surface area contributed by atoms with Gasteiger partial charge >= 0.3 is 12.4 Å². The van der Waals surface area contributed by atoms with Crippen molar-refractivity contribution in [2.75, 3.05) is 12.3 Å². The maximum Gasteiger partial charge on any atom is 0.381 e. The molecule has 0 amide bonds. The summed E-state index contributed by atoms with van der Waals surface area (Å²) in [5.41, 5.74) is 2.10. The Bertz CT molecular complexity index is 1140. The molecule has 0 aliphatic carbocycles. The van der Waals surface area contributed by atoms with Crippen LogP contribution in [0.25, 0.3) is 0 Å². The first-order valence-corrected chi connectivity index (χ1v) is 12.0. The van der Waals surface area contributed by atoms with Gasteiger partial charge in [-0.1, -0.05) is 29.8 Å². The molecule has 3 N–H and O–H groups in total. The van der Waals surface area contributed by atoms with Gasteiger partial charge in [-0.3, -0.25) is 13.6 Å². The van der Waals surface area contributed by atoms with Gasteiger partial charge in [0.05, 0.1) is 18.2 Å². The SMILES string of the molecule is Nc1nc(=O)n(C2OC(COP3(=S)OCc4ccccc4O3)(C(F)F)C(O)C2F)cc1Cl. The van der Waals surface area contributed by atoms with Gasteiger partial charge in [0.2, 0.25) is 0 Å². The van der Waals surface area contributed by atoms with E-state index in [4.69, 9.17) is 47.4 Å². The van der Waals surface area contributed by atoms with E-state index in [1.807, 2.05) is 0 Å². The average molecular weight is 514 g/mol. The fourth-order valence-corrected chi connectivity index (χ4v) is 5.21. The number of rotatable bonds is 5. The van der Waals surface area contributed by atoms with Crippen LogP contribution in [0.4, 0.5) is 19.0 Å². The van der Waals surface area contributed by atoms with E-state index < -0.39 is 49.5 Å². The molecule has 32 heavy (non-hydrogen) atoms. The van der Waals surface area contributed by atoms with Crippen molar-refractivity contribution in [3.05, 3.63) is 51.5 Å². The molecule has 0 saturated carbocycles. The number of ether oxygens (including phenoxy) is 1. The molecule has 2 aliphatic rings. The van der Waals surface area contributed by atoms with E-state index in [1.54, 1.807) is 24.3 Å². The second-order valence-electron chi connectivity index (χ2n) is 7.01. The third-order valence-corrected chi connectivity index (χ3v) is 7.46. The molecule has 0 radical (unpaired) electrons. The summed E-state index contributed by atoms with van der Waals surface area (Å²) < 4.78 is 65.1. The standard InChI is InChI=1S/C17H16ClF3N3O6PS/c18-9-5-24(16(26)23-13(9)22)14-11(19)12(25)17(29-14,15(20)21)7-28-31(32)27-6-8-3-1-2-4-10(8)30-31/h1-5,11-12,14-15,25H,6-7H2,(H2,22,23,26). The van der Waals surface area contributed by atoms with Crippen molar-refractivity contribution >= 4 is 35.9 Å². The molecule has 2 aromatic rings. The summed E-state index contributed by atoms with van der Waals surface area (Å²) >= 11 is 11.0. The van der Waals surface area contributed by atoms with Gasteiger partial charge in [0.25, 0.3) is 6.43 Å². The molecule has 3 heterocycles. The zero-order valence-electron chi connectivity index (χ0n) is 15.9. The molecule has 2 aliphatic heterocycles. The van der Waals surface area contributed by atoms with Crippen LogP contribution in [-0.4, -0.2) is 45.6 Å². The molecule has 1 aromatic heterocycles. The lowest BCUT2D eigenvalue weighted by Crippen LogP contribution is -2.52. The smallest absolute Gasteiger partial charge is 0.381 e. The fourth-order valence-electron chi connectivity index (χ4n) is 3.25. The molecule has 5 unspecified atom stereocenters. The van der Waals surface area contributed by atoms with Gasteiger partial charge in [-0.15, -0.1) is 0 Å². The molecular weight excluding hydrogens is 498 g/mol. The van der Waals surface area contributed by atoms with E-state index in [1.165, 1.54) is 0 Å². The van der Waals surface area contributed by atoms with Gasteiger partial charge in [-0.05, 0) is 6.07 Å². The number of aliphatic hydroxyl groups excluding tert-OH is 1. The first-order valence-electron chi connectivity index (χ1n) is 9.05. The predicted octanol–water partition coefficient (Wildman–Crippen LogP) is 2.56. The van der Waals surface area contributed by atoms with Crippen LogP contribution in [-0.2, 0) is 32.2 Å². The Morgan fingerprint density at radius 3 is 2.91 bits per heavy atom. The second-order valence-corrected chi connectivity index (χ2v) is 10.4. The number of hydrogen-bond acceptors (Lipinski definition) is 9. The molecule has 174 valence electrons. The minimum absolute atomic E-state index is 0.0118. The highest BCUT2D eigenvalue weighted by molar-refractivity contribution is 8.07. The number of halogens is 4. The van der Waals surface area contributed by atoms with Crippen molar-refractivity contribution in [2.45, 2.75) is 37.1 Å². The third-order valence-electron chi connectivity index (χ3n) is 5.00. The van der Waals surface area contributed by atoms with Gasteiger partial charge < -0.3 is 20.1 Å². The molecule has 9 nitrogen and oxygen atoms in total. The molecular formula is C17H16ClF3N3O6PS. The predicted molar refractivity (Wildman–Crippen MR) is 110 cm³/mol. The van der Waals surface area contributed by atoms with E-state index in [0.29, 0.717) is 15.9 Å². The summed E-state index contributed by atoms with van der Waals surface area (Å²) in [6.45, 7) is -4.64. The van der Waals surface area contributed by atoms with E-state index in [2.05, 4.69) is 4.98 Å². The summed E-state index contributed by atoms with van der Waals surface area (Å²) in [7, 11) is 0. The quantitative estimate of drug-likeness (QED) is 0.581. The molecule has 1 aromatic carbocycles. The maximum absolute atomic E-state index is 14.9. The molecule has 0 bridgehead atoms. The molecule has 1 saturated heterocycles. The van der Waals surface area contributed by atoms with Crippen molar-refractivity contribution in [1.82, 2.24) is 9.55 Å². The van der Waals surface area contributed by atoms with Crippen LogP contribution < -0.4 is 15.9 Å². The van der Waals surface area contributed by atoms with Crippen molar-refractivity contribution in [3.63, 3.8) is 0 Å². The minimum atomic E-state index is -3.57. The lowest BCUT2D eigenvalue weighted by Gasteiger charge is -2.34. The number of fused-ring (bicyclic) bond motifs is 1. The normalized spacial score (nSPS) is 32.0. The van der Waals surface area contributed by atoms with Gasteiger partial charge in [-0.25, -0.2) is 18.0 Å².